The van der Waals surface area contributed by atoms with Crippen molar-refractivity contribution in [2.75, 3.05) is 27.4 Å². The third-order valence-electron chi connectivity index (χ3n) is 4.25. The van der Waals surface area contributed by atoms with E-state index in [0.717, 1.165) is 31.8 Å². The summed E-state index contributed by atoms with van der Waals surface area (Å²) in [6.07, 6.45) is 2.00. The molecule has 1 aromatic carbocycles. The van der Waals surface area contributed by atoms with Crippen LogP contribution in [0.1, 0.15) is 31.4 Å². The van der Waals surface area contributed by atoms with Gasteiger partial charge in [-0.3, -0.25) is 4.90 Å². The van der Waals surface area contributed by atoms with Gasteiger partial charge in [-0.15, -0.1) is 0 Å². The van der Waals surface area contributed by atoms with Gasteiger partial charge in [-0.2, -0.15) is 0 Å². The lowest BCUT2D eigenvalue weighted by Crippen LogP contribution is -2.44. The molecule has 2 rings (SSSR count). The molecule has 2 N–H and O–H groups in total. The number of nitrogens with two attached hydrogens (primary N) is 1. The Kier molecular flexibility index (Phi) is 5.40. The second-order valence-electron chi connectivity index (χ2n) is 5.44. The molecule has 3 unspecified atom stereocenters. The normalized spacial score (nSPS) is 21.9. The SMILES string of the molecule is CCC(N)C(c1ccccc1OC)N(C)C1CCOC1. The number of ether oxygens (including phenoxy) is 2. The highest BCUT2D eigenvalue weighted by Gasteiger charge is 2.32. The highest BCUT2D eigenvalue weighted by molar-refractivity contribution is 5.37. The minimum atomic E-state index is 0.0805. The molecular weight excluding hydrogens is 252 g/mol. The fourth-order valence-corrected chi connectivity index (χ4v) is 2.96. The highest BCUT2D eigenvalue weighted by Crippen LogP contribution is 2.33. The van der Waals surface area contributed by atoms with Crippen molar-refractivity contribution in [2.24, 2.45) is 5.73 Å². The predicted molar refractivity (Wildman–Crippen MR) is 81.0 cm³/mol. The van der Waals surface area contributed by atoms with Gasteiger partial charge in [0.05, 0.1) is 19.8 Å². The molecule has 3 atom stereocenters. The van der Waals surface area contributed by atoms with E-state index in [9.17, 15) is 0 Å². The Balaban J connectivity index is 2.31. The largest absolute Gasteiger partial charge is 0.496 e. The van der Waals surface area contributed by atoms with Crippen LogP contribution in [0.4, 0.5) is 0 Å². The summed E-state index contributed by atoms with van der Waals surface area (Å²) in [7, 11) is 3.86. The average molecular weight is 278 g/mol. The standard InChI is InChI=1S/C16H26N2O2/c1-4-14(17)16(18(2)12-9-10-20-11-12)13-7-5-6-8-15(13)19-3/h5-8,12,14,16H,4,9-11,17H2,1-3H3. The van der Waals surface area contributed by atoms with E-state index in [-0.39, 0.29) is 12.1 Å². The van der Waals surface area contributed by atoms with Gasteiger partial charge >= 0.3 is 0 Å². The molecule has 0 saturated carbocycles. The molecule has 0 amide bonds. The van der Waals surface area contributed by atoms with Gasteiger partial charge in [-0.1, -0.05) is 25.1 Å². The first-order valence-corrected chi connectivity index (χ1v) is 7.37. The summed E-state index contributed by atoms with van der Waals surface area (Å²) in [6, 6.07) is 8.83. The molecule has 4 nitrogen and oxygen atoms in total. The number of rotatable bonds is 6. The molecule has 1 fully saturated rings. The molecule has 1 aliphatic heterocycles. The van der Waals surface area contributed by atoms with Crippen molar-refractivity contribution < 1.29 is 9.47 Å². The zero-order chi connectivity index (χ0) is 14.5. The van der Waals surface area contributed by atoms with E-state index < -0.39 is 0 Å². The van der Waals surface area contributed by atoms with Gasteiger partial charge in [0.1, 0.15) is 5.75 Å². The lowest BCUT2D eigenvalue weighted by molar-refractivity contribution is 0.118. The molecule has 4 heteroatoms. The number of methoxy groups -OCH3 is 1. The maximum Gasteiger partial charge on any atom is 0.123 e. The summed E-state index contributed by atoms with van der Waals surface area (Å²) in [6.45, 7) is 3.76. The molecule has 0 radical (unpaired) electrons. The van der Waals surface area contributed by atoms with Gasteiger partial charge in [0.25, 0.3) is 0 Å². The highest BCUT2D eigenvalue weighted by atomic mass is 16.5. The molecule has 1 aliphatic rings. The van der Waals surface area contributed by atoms with Crippen molar-refractivity contribution in [3.05, 3.63) is 29.8 Å². The lowest BCUT2D eigenvalue weighted by atomic mass is 9.94. The number of hydrogen-bond donors (Lipinski definition) is 1. The Morgan fingerprint density at radius 1 is 1.45 bits per heavy atom. The van der Waals surface area contributed by atoms with E-state index >= 15 is 0 Å². The maximum atomic E-state index is 6.40. The van der Waals surface area contributed by atoms with Crippen molar-refractivity contribution in [1.29, 1.82) is 0 Å². The third kappa shape index (κ3) is 3.14. The molecule has 0 aliphatic carbocycles. The van der Waals surface area contributed by atoms with E-state index in [1.165, 1.54) is 5.56 Å². The van der Waals surface area contributed by atoms with Crippen LogP contribution in [-0.4, -0.2) is 44.4 Å². The molecule has 0 aromatic heterocycles. The molecule has 112 valence electrons. The number of hydrogen-bond acceptors (Lipinski definition) is 4. The number of para-hydroxylation sites is 1. The van der Waals surface area contributed by atoms with Crippen LogP contribution in [0.5, 0.6) is 5.75 Å². The molecule has 0 spiro atoms. The topological polar surface area (TPSA) is 47.7 Å². The smallest absolute Gasteiger partial charge is 0.123 e. The van der Waals surface area contributed by atoms with Gasteiger partial charge in [0, 0.05) is 24.3 Å². The van der Waals surface area contributed by atoms with Crippen molar-refractivity contribution in [2.45, 2.75) is 37.9 Å². The molecule has 0 bridgehead atoms. The van der Waals surface area contributed by atoms with Crippen molar-refractivity contribution in [3.8, 4) is 5.75 Å². The zero-order valence-electron chi connectivity index (χ0n) is 12.7. The Morgan fingerprint density at radius 2 is 2.20 bits per heavy atom. The van der Waals surface area contributed by atoms with Crippen LogP contribution in [-0.2, 0) is 4.74 Å². The first-order valence-electron chi connectivity index (χ1n) is 7.37. The van der Waals surface area contributed by atoms with E-state index in [4.69, 9.17) is 15.2 Å². The van der Waals surface area contributed by atoms with Crippen molar-refractivity contribution >= 4 is 0 Å². The first kappa shape index (κ1) is 15.3. The van der Waals surface area contributed by atoms with Gasteiger partial charge in [0.15, 0.2) is 0 Å². The molecular formula is C16H26N2O2. The lowest BCUT2D eigenvalue weighted by Gasteiger charge is -2.36. The van der Waals surface area contributed by atoms with Crippen molar-refractivity contribution in [3.63, 3.8) is 0 Å². The number of nitrogens with zero attached hydrogens (tertiary/aromatic N) is 1. The summed E-state index contributed by atoms with van der Waals surface area (Å²) in [5.74, 6) is 0.909. The summed E-state index contributed by atoms with van der Waals surface area (Å²) in [5.41, 5.74) is 7.57. The van der Waals surface area contributed by atoms with E-state index in [1.807, 2.05) is 18.2 Å². The average Bonchev–Trinajstić information content (AvgIpc) is 3.02. The number of likely N-dealkylation sites (N-methyl/N-ethyl adjacent to an activating group) is 1. The molecule has 1 aromatic rings. The minimum Gasteiger partial charge on any atom is -0.496 e. The summed E-state index contributed by atoms with van der Waals surface area (Å²) < 4.78 is 11.0. The van der Waals surface area contributed by atoms with Gasteiger partial charge in [-0.05, 0) is 26.0 Å². The van der Waals surface area contributed by atoms with Crippen LogP contribution in [0.25, 0.3) is 0 Å². The van der Waals surface area contributed by atoms with Gasteiger partial charge in [-0.25, -0.2) is 0 Å². The van der Waals surface area contributed by atoms with Crippen LogP contribution >= 0.6 is 0 Å². The Bertz CT molecular complexity index is 419. The first-order chi connectivity index (χ1) is 9.69. The van der Waals surface area contributed by atoms with Crippen LogP contribution in [0.2, 0.25) is 0 Å². The van der Waals surface area contributed by atoms with Gasteiger partial charge < -0.3 is 15.2 Å². The van der Waals surface area contributed by atoms with E-state index in [0.29, 0.717) is 6.04 Å². The summed E-state index contributed by atoms with van der Waals surface area (Å²) in [5, 5.41) is 0. The predicted octanol–water partition coefficient (Wildman–Crippen LogP) is 2.19. The quantitative estimate of drug-likeness (QED) is 0.866. The summed E-state index contributed by atoms with van der Waals surface area (Å²) in [4.78, 5) is 2.36. The second-order valence-corrected chi connectivity index (χ2v) is 5.44. The summed E-state index contributed by atoms with van der Waals surface area (Å²) >= 11 is 0. The fraction of sp³-hybridized carbons (Fsp3) is 0.625. The van der Waals surface area contributed by atoms with Crippen LogP contribution in [0.15, 0.2) is 24.3 Å². The van der Waals surface area contributed by atoms with Crippen LogP contribution < -0.4 is 10.5 Å². The monoisotopic (exact) mass is 278 g/mol. The third-order valence-corrected chi connectivity index (χ3v) is 4.25. The molecule has 20 heavy (non-hydrogen) atoms. The maximum absolute atomic E-state index is 6.40. The van der Waals surface area contributed by atoms with Crippen molar-refractivity contribution in [1.82, 2.24) is 4.90 Å². The molecule has 1 saturated heterocycles. The van der Waals surface area contributed by atoms with Gasteiger partial charge in [0.2, 0.25) is 0 Å². The zero-order valence-corrected chi connectivity index (χ0v) is 12.7. The minimum absolute atomic E-state index is 0.0805. The van der Waals surface area contributed by atoms with Crippen LogP contribution in [0.3, 0.4) is 0 Å². The Labute approximate surface area is 121 Å². The second kappa shape index (κ2) is 7.07. The molecule has 1 heterocycles. The van der Waals surface area contributed by atoms with E-state index in [1.54, 1.807) is 7.11 Å². The fourth-order valence-electron chi connectivity index (χ4n) is 2.96. The van der Waals surface area contributed by atoms with E-state index in [2.05, 4.69) is 24.9 Å². The Morgan fingerprint density at radius 3 is 2.80 bits per heavy atom. The Hall–Kier alpha value is -1.10. The number of benzene rings is 1. The van der Waals surface area contributed by atoms with Crippen LogP contribution in [0, 0.1) is 0 Å².